The summed E-state index contributed by atoms with van der Waals surface area (Å²) >= 11 is 0. The number of nitrogens with zero attached hydrogens (tertiary/aromatic N) is 1. The van der Waals surface area contributed by atoms with E-state index in [-0.39, 0.29) is 12.4 Å². The summed E-state index contributed by atoms with van der Waals surface area (Å²) in [5, 5.41) is 0. The summed E-state index contributed by atoms with van der Waals surface area (Å²) < 4.78 is 6.40. The van der Waals surface area contributed by atoms with Crippen molar-refractivity contribution in [2.45, 2.75) is 13.5 Å². The molecule has 0 saturated heterocycles. The molecule has 0 aliphatic heterocycles. The lowest BCUT2D eigenvalue weighted by Gasteiger charge is -2.32. The van der Waals surface area contributed by atoms with Crippen LogP contribution < -0.4 is 12.4 Å². The average Bonchev–Trinajstić information content (AvgIpc) is 2.28. The largest absolute Gasteiger partial charge is 1.00 e. The van der Waals surface area contributed by atoms with E-state index in [1.54, 1.807) is 0 Å². The van der Waals surface area contributed by atoms with Crippen LogP contribution in [-0.2, 0) is 11.3 Å². The molecule has 0 bridgehead atoms. The third-order valence-electron chi connectivity index (χ3n) is 2.58. The van der Waals surface area contributed by atoms with Gasteiger partial charge >= 0.3 is 0 Å². The predicted molar refractivity (Wildman–Crippen MR) is 67.9 cm³/mol. The molecule has 17 heavy (non-hydrogen) atoms. The van der Waals surface area contributed by atoms with Crippen molar-refractivity contribution in [2.24, 2.45) is 0 Å². The highest BCUT2D eigenvalue weighted by atomic mass is 35.5. The Labute approximate surface area is 111 Å². The maximum atomic E-state index is 5.55. The van der Waals surface area contributed by atoms with Crippen LogP contribution in [0.2, 0.25) is 0 Å². The van der Waals surface area contributed by atoms with Gasteiger partial charge in [0.15, 0.2) is 6.73 Å². The number of ether oxygens (including phenoxy) is 1. The van der Waals surface area contributed by atoms with Gasteiger partial charge in [0.05, 0.1) is 13.6 Å². The number of quaternary nitrogens is 1. The van der Waals surface area contributed by atoms with Crippen LogP contribution in [0.15, 0.2) is 43.0 Å². The molecule has 0 aromatic heterocycles. The quantitative estimate of drug-likeness (QED) is 0.373. The molecule has 0 fully saturated rings. The lowest BCUT2D eigenvalue weighted by molar-refractivity contribution is -0.935. The Hall–Kier alpha value is -0.830. The molecule has 0 amide bonds. The zero-order valence-electron chi connectivity index (χ0n) is 10.7. The third-order valence-corrected chi connectivity index (χ3v) is 2.58. The second-order valence-electron chi connectivity index (χ2n) is 4.36. The Morgan fingerprint density at radius 3 is 2.47 bits per heavy atom. The fraction of sp³-hybridized carbons (Fsp3) is 0.429. The van der Waals surface area contributed by atoms with E-state index in [9.17, 15) is 0 Å². The monoisotopic (exact) mass is 255 g/mol. The number of rotatable bonds is 7. The first-order valence-corrected chi connectivity index (χ1v) is 5.76. The number of benzene rings is 1. The van der Waals surface area contributed by atoms with E-state index in [0.717, 1.165) is 30.9 Å². The van der Waals surface area contributed by atoms with E-state index < -0.39 is 0 Å². The van der Waals surface area contributed by atoms with Crippen molar-refractivity contribution < 1.29 is 21.6 Å². The van der Waals surface area contributed by atoms with Crippen molar-refractivity contribution in [1.82, 2.24) is 0 Å². The van der Waals surface area contributed by atoms with Crippen LogP contribution in [0.1, 0.15) is 12.5 Å². The Bertz CT molecular complexity index is 315. The maximum absolute atomic E-state index is 5.55. The highest BCUT2D eigenvalue weighted by Crippen LogP contribution is 2.12. The van der Waals surface area contributed by atoms with Gasteiger partial charge in [0, 0.05) is 12.2 Å². The molecule has 1 atom stereocenters. The van der Waals surface area contributed by atoms with Gasteiger partial charge in [-0.15, -0.1) is 0 Å². The molecule has 0 N–H and O–H groups in total. The van der Waals surface area contributed by atoms with E-state index >= 15 is 0 Å². The first kappa shape index (κ1) is 16.2. The number of likely N-dealkylation sites (N-methyl/N-ethyl adjacent to an activating group) is 1. The molecule has 1 aromatic rings. The van der Waals surface area contributed by atoms with Crippen molar-refractivity contribution in [3.63, 3.8) is 0 Å². The summed E-state index contributed by atoms with van der Waals surface area (Å²) in [6, 6.07) is 10.5. The molecule has 1 aromatic carbocycles. The first-order chi connectivity index (χ1) is 7.70. The molecule has 0 aliphatic carbocycles. The Morgan fingerprint density at radius 1 is 1.29 bits per heavy atom. The zero-order chi connectivity index (χ0) is 11.9. The van der Waals surface area contributed by atoms with Gasteiger partial charge in [0.2, 0.25) is 0 Å². The SMILES string of the molecule is C=CC[N+](C)(COCC)Cc1ccccc1.[Cl-]. The standard InChI is InChI=1S/C14H22NO.ClH/c1-4-11-15(3,13-16-5-2)12-14-9-7-6-8-10-14;/h4,6-10H,1,5,11-13H2,2-3H3;1H/q+1;/p-1. The summed E-state index contributed by atoms with van der Waals surface area (Å²) in [5.41, 5.74) is 1.34. The minimum absolute atomic E-state index is 0. The second-order valence-corrected chi connectivity index (χ2v) is 4.36. The second kappa shape index (κ2) is 8.29. The third kappa shape index (κ3) is 5.87. The first-order valence-electron chi connectivity index (χ1n) is 5.76. The highest BCUT2D eigenvalue weighted by Gasteiger charge is 2.20. The van der Waals surface area contributed by atoms with Crippen molar-refractivity contribution >= 4 is 0 Å². The Balaban J connectivity index is 0.00000256. The highest BCUT2D eigenvalue weighted by molar-refractivity contribution is 5.13. The van der Waals surface area contributed by atoms with Crippen LogP contribution in [0.25, 0.3) is 0 Å². The van der Waals surface area contributed by atoms with Gasteiger partial charge in [-0.2, -0.15) is 0 Å². The van der Waals surface area contributed by atoms with Crippen molar-refractivity contribution in [3.8, 4) is 0 Å². The molecular weight excluding hydrogens is 234 g/mol. The van der Waals surface area contributed by atoms with Gasteiger partial charge in [-0.25, -0.2) is 0 Å². The molecule has 1 unspecified atom stereocenters. The van der Waals surface area contributed by atoms with Crippen molar-refractivity contribution in [1.29, 1.82) is 0 Å². The number of halogens is 1. The molecule has 0 heterocycles. The molecular formula is C14H22ClNO. The van der Waals surface area contributed by atoms with Crippen LogP contribution in [0, 0.1) is 0 Å². The van der Waals surface area contributed by atoms with E-state index in [0.29, 0.717) is 0 Å². The van der Waals surface area contributed by atoms with Gasteiger partial charge in [-0.1, -0.05) is 36.9 Å². The summed E-state index contributed by atoms with van der Waals surface area (Å²) in [5.74, 6) is 0. The summed E-state index contributed by atoms with van der Waals surface area (Å²) in [4.78, 5) is 0. The Kier molecular flexibility index (Phi) is 7.88. The van der Waals surface area contributed by atoms with Crippen LogP contribution in [-0.4, -0.2) is 31.4 Å². The van der Waals surface area contributed by atoms with E-state index in [1.165, 1.54) is 5.56 Å². The number of hydrogen-bond donors (Lipinski definition) is 0. The van der Waals surface area contributed by atoms with Gasteiger partial charge < -0.3 is 17.1 Å². The van der Waals surface area contributed by atoms with Gasteiger partial charge in [0.25, 0.3) is 0 Å². The number of hydrogen-bond acceptors (Lipinski definition) is 1. The smallest absolute Gasteiger partial charge is 0.183 e. The van der Waals surface area contributed by atoms with E-state index in [1.807, 2.05) is 19.1 Å². The van der Waals surface area contributed by atoms with E-state index in [2.05, 4.69) is 37.9 Å². The molecule has 0 saturated carbocycles. The predicted octanol–water partition coefficient (Wildman–Crippen LogP) is -0.183. The minimum Gasteiger partial charge on any atom is -1.00 e. The van der Waals surface area contributed by atoms with Gasteiger partial charge in [0.1, 0.15) is 6.54 Å². The summed E-state index contributed by atoms with van der Waals surface area (Å²) in [7, 11) is 2.20. The van der Waals surface area contributed by atoms with Crippen LogP contribution in [0.3, 0.4) is 0 Å². The van der Waals surface area contributed by atoms with Crippen LogP contribution in [0.5, 0.6) is 0 Å². The normalized spacial score (nSPS) is 13.5. The molecule has 0 spiro atoms. The van der Waals surface area contributed by atoms with Crippen LogP contribution in [0.4, 0.5) is 0 Å². The lowest BCUT2D eigenvalue weighted by atomic mass is 10.2. The zero-order valence-corrected chi connectivity index (χ0v) is 11.5. The Morgan fingerprint density at radius 2 is 1.94 bits per heavy atom. The van der Waals surface area contributed by atoms with Gasteiger partial charge in [-0.05, 0) is 13.0 Å². The lowest BCUT2D eigenvalue weighted by Crippen LogP contribution is -3.00. The molecule has 1 rings (SSSR count). The average molecular weight is 256 g/mol. The van der Waals surface area contributed by atoms with Crippen LogP contribution >= 0.6 is 0 Å². The maximum Gasteiger partial charge on any atom is 0.183 e. The molecule has 3 heteroatoms. The minimum atomic E-state index is 0. The van der Waals surface area contributed by atoms with E-state index in [4.69, 9.17) is 4.74 Å². The van der Waals surface area contributed by atoms with Crippen molar-refractivity contribution in [3.05, 3.63) is 48.6 Å². The topological polar surface area (TPSA) is 9.23 Å². The van der Waals surface area contributed by atoms with Gasteiger partial charge in [-0.3, -0.25) is 4.48 Å². The van der Waals surface area contributed by atoms with Crippen molar-refractivity contribution in [2.75, 3.05) is 26.9 Å². The fourth-order valence-corrected chi connectivity index (χ4v) is 1.81. The molecule has 96 valence electrons. The molecule has 2 nitrogen and oxygen atoms in total. The molecule has 0 aliphatic rings. The fourth-order valence-electron chi connectivity index (χ4n) is 1.81. The summed E-state index contributed by atoms with van der Waals surface area (Å²) in [6.45, 7) is 9.25. The summed E-state index contributed by atoms with van der Waals surface area (Å²) in [6.07, 6.45) is 1.96. The molecule has 0 radical (unpaired) electrons.